The Hall–Kier alpha value is -2.06. The van der Waals surface area contributed by atoms with Gasteiger partial charge in [-0.1, -0.05) is 11.6 Å². The van der Waals surface area contributed by atoms with Crippen molar-refractivity contribution in [3.8, 4) is 6.07 Å². The zero-order chi connectivity index (χ0) is 13.8. The lowest BCUT2D eigenvalue weighted by Crippen LogP contribution is -2.19. The first-order chi connectivity index (χ1) is 9.08. The summed E-state index contributed by atoms with van der Waals surface area (Å²) in [6.45, 7) is 4.00. The molecule has 0 aliphatic heterocycles. The van der Waals surface area contributed by atoms with Gasteiger partial charge in [-0.3, -0.25) is 5.10 Å². The summed E-state index contributed by atoms with van der Waals surface area (Å²) in [6, 6.07) is 7.55. The Labute approximate surface area is 116 Å². The molecule has 0 aromatic carbocycles. The van der Waals surface area contributed by atoms with Gasteiger partial charge in [0.2, 0.25) is 0 Å². The molecule has 2 N–H and O–H groups in total. The fraction of sp³-hybridized carbons (Fsp3) is 0.308. The van der Waals surface area contributed by atoms with E-state index in [-0.39, 0.29) is 11.7 Å². The summed E-state index contributed by atoms with van der Waals surface area (Å²) in [5.41, 5.74) is 2.26. The Balaban J connectivity index is 2.03. The smallest absolute Gasteiger partial charge is 0.161 e. The predicted molar refractivity (Wildman–Crippen MR) is 74.1 cm³/mol. The molecule has 2 rings (SSSR count). The van der Waals surface area contributed by atoms with Gasteiger partial charge in [-0.25, -0.2) is 4.98 Å². The molecule has 0 spiro atoms. The summed E-state index contributed by atoms with van der Waals surface area (Å²) in [6.07, 6.45) is 0.774. The van der Waals surface area contributed by atoms with Crippen LogP contribution in [-0.2, 0) is 6.42 Å². The molecular formula is C13H14ClN5. The molecule has 2 aromatic heterocycles. The summed E-state index contributed by atoms with van der Waals surface area (Å²) in [5.74, 6) is 0.640. The maximum absolute atomic E-state index is 8.88. The largest absolute Gasteiger partial charge is 0.367 e. The molecule has 2 heterocycles. The molecule has 1 unspecified atom stereocenters. The van der Waals surface area contributed by atoms with E-state index in [1.54, 1.807) is 12.1 Å². The number of anilines is 1. The van der Waals surface area contributed by atoms with Crippen LogP contribution in [0.4, 0.5) is 5.82 Å². The maximum Gasteiger partial charge on any atom is 0.161 e. The number of nitrogens with one attached hydrogen (secondary N) is 2. The van der Waals surface area contributed by atoms with Crippen LogP contribution in [0.2, 0.25) is 5.02 Å². The molecule has 19 heavy (non-hydrogen) atoms. The lowest BCUT2D eigenvalue weighted by Gasteiger charge is -2.13. The minimum atomic E-state index is 0.155. The van der Waals surface area contributed by atoms with Gasteiger partial charge in [0, 0.05) is 18.2 Å². The number of rotatable bonds is 4. The number of nitrogens with zero attached hydrogens (tertiary/aromatic N) is 3. The van der Waals surface area contributed by atoms with Crippen LogP contribution in [0.3, 0.4) is 0 Å². The van der Waals surface area contributed by atoms with Crippen molar-refractivity contribution in [1.82, 2.24) is 15.2 Å². The average molecular weight is 276 g/mol. The molecular weight excluding hydrogens is 262 g/mol. The molecule has 0 amide bonds. The van der Waals surface area contributed by atoms with E-state index in [9.17, 15) is 0 Å². The summed E-state index contributed by atoms with van der Waals surface area (Å²) in [5, 5.41) is 19.6. The third-order valence-electron chi connectivity index (χ3n) is 2.62. The molecule has 6 heteroatoms. The van der Waals surface area contributed by atoms with Gasteiger partial charge < -0.3 is 5.32 Å². The molecule has 0 saturated carbocycles. The van der Waals surface area contributed by atoms with E-state index in [0.717, 1.165) is 17.8 Å². The van der Waals surface area contributed by atoms with E-state index in [2.05, 4.69) is 20.5 Å². The van der Waals surface area contributed by atoms with Gasteiger partial charge in [0.25, 0.3) is 0 Å². The van der Waals surface area contributed by atoms with Gasteiger partial charge in [0.05, 0.1) is 10.7 Å². The van der Waals surface area contributed by atoms with Crippen molar-refractivity contribution in [2.24, 2.45) is 0 Å². The number of nitriles is 1. The van der Waals surface area contributed by atoms with E-state index in [1.807, 2.05) is 26.0 Å². The Morgan fingerprint density at radius 2 is 2.32 bits per heavy atom. The molecule has 0 aliphatic carbocycles. The van der Waals surface area contributed by atoms with E-state index >= 15 is 0 Å². The Morgan fingerprint density at radius 1 is 1.53 bits per heavy atom. The summed E-state index contributed by atoms with van der Waals surface area (Å²) in [4.78, 5) is 4.15. The van der Waals surface area contributed by atoms with Crippen molar-refractivity contribution in [1.29, 1.82) is 5.26 Å². The predicted octanol–water partition coefficient (Wildman–Crippen LogP) is 2.68. The van der Waals surface area contributed by atoms with Crippen molar-refractivity contribution < 1.29 is 0 Å². The number of hydrogen-bond donors (Lipinski definition) is 2. The summed E-state index contributed by atoms with van der Waals surface area (Å²) >= 11 is 5.84. The van der Waals surface area contributed by atoms with Gasteiger partial charge in [-0.2, -0.15) is 10.4 Å². The molecule has 1 atom stereocenters. The first-order valence-corrected chi connectivity index (χ1v) is 6.30. The second-order valence-electron chi connectivity index (χ2n) is 4.43. The van der Waals surface area contributed by atoms with Crippen LogP contribution in [0.1, 0.15) is 24.0 Å². The number of aromatic amines is 1. The molecule has 2 aromatic rings. The van der Waals surface area contributed by atoms with Crippen molar-refractivity contribution in [3.63, 3.8) is 0 Å². The van der Waals surface area contributed by atoms with Crippen LogP contribution in [0.25, 0.3) is 0 Å². The van der Waals surface area contributed by atoms with E-state index < -0.39 is 0 Å². The van der Waals surface area contributed by atoms with Crippen molar-refractivity contribution in [2.75, 3.05) is 5.32 Å². The molecule has 0 aliphatic rings. The summed E-state index contributed by atoms with van der Waals surface area (Å²) < 4.78 is 0. The highest BCUT2D eigenvalue weighted by Crippen LogP contribution is 2.16. The van der Waals surface area contributed by atoms with E-state index in [1.165, 1.54) is 0 Å². The average Bonchev–Trinajstić information content (AvgIpc) is 2.77. The SMILES string of the molecule is Cc1cc(CC(C)Nc2ccc(Cl)c(C#N)n2)n[nH]1. The monoisotopic (exact) mass is 275 g/mol. The zero-order valence-electron chi connectivity index (χ0n) is 10.7. The van der Waals surface area contributed by atoms with Crippen LogP contribution >= 0.6 is 11.6 Å². The maximum atomic E-state index is 8.88. The Morgan fingerprint density at radius 3 is 2.95 bits per heavy atom. The van der Waals surface area contributed by atoms with Crippen molar-refractivity contribution >= 4 is 17.4 Å². The van der Waals surface area contributed by atoms with Crippen LogP contribution < -0.4 is 5.32 Å². The third kappa shape index (κ3) is 3.46. The Bertz CT molecular complexity index is 614. The zero-order valence-corrected chi connectivity index (χ0v) is 11.5. The molecule has 98 valence electrons. The van der Waals surface area contributed by atoms with Crippen molar-refractivity contribution in [2.45, 2.75) is 26.3 Å². The van der Waals surface area contributed by atoms with E-state index in [0.29, 0.717) is 10.8 Å². The highest BCUT2D eigenvalue weighted by Gasteiger charge is 2.08. The first kappa shape index (κ1) is 13.4. The number of halogens is 1. The fourth-order valence-corrected chi connectivity index (χ4v) is 1.94. The second-order valence-corrected chi connectivity index (χ2v) is 4.84. The topological polar surface area (TPSA) is 77.4 Å². The first-order valence-electron chi connectivity index (χ1n) is 5.92. The lowest BCUT2D eigenvalue weighted by atomic mass is 10.2. The number of aromatic nitrogens is 3. The molecule has 0 saturated heterocycles. The normalized spacial score (nSPS) is 11.9. The van der Waals surface area contributed by atoms with Crippen molar-refractivity contribution in [3.05, 3.63) is 40.3 Å². The number of hydrogen-bond acceptors (Lipinski definition) is 4. The number of pyridine rings is 1. The Kier molecular flexibility index (Phi) is 4.03. The van der Waals surface area contributed by atoms with Crippen LogP contribution in [-0.4, -0.2) is 21.2 Å². The molecule has 5 nitrogen and oxygen atoms in total. The van der Waals surface area contributed by atoms with Gasteiger partial charge in [-0.05, 0) is 32.0 Å². The van der Waals surface area contributed by atoms with Crippen LogP contribution in [0.15, 0.2) is 18.2 Å². The van der Waals surface area contributed by atoms with Gasteiger partial charge in [0.15, 0.2) is 5.69 Å². The van der Waals surface area contributed by atoms with Crippen LogP contribution in [0.5, 0.6) is 0 Å². The lowest BCUT2D eigenvalue weighted by molar-refractivity contribution is 0.760. The fourth-order valence-electron chi connectivity index (χ4n) is 1.80. The minimum absolute atomic E-state index is 0.155. The minimum Gasteiger partial charge on any atom is -0.367 e. The second kappa shape index (κ2) is 5.72. The molecule has 0 radical (unpaired) electrons. The molecule has 0 fully saturated rings. The number of aryl methyl sites for hydroxylation is 1. The highest BCUT2D eigenvalue weighted by atomic mass is 35.5. The number of H-pyrrole nitrogens is 1. The summed E-state index contributed by atoms with van der Waals surface area (Å²) in [7, 11) is 0. The van der Waals surface area contributed by atoms with Crippen LogP contribution in [0, 0.1) is 18.3 Å². The third-order valence-corrected chi connectivity index (χ3v) is 2.93. The van der Waals surface area contributed by atoms with Gasteiger partial charge in [0.1, 0.15) is 11.9 Å². The van der Waals surface area contributed by atoms with Gasteiger partial charge in [-0.15, -0.1) is 0 Å². The quantitative estimate of drug-likeness (QED) is 0.899. The molecule has 0 bridgehead atoms. The van der Waals surface area contributed by atoms with E-state index in [4.69, 9.17) is 16.9 Å². The highest BCUT2D eigenvalue weighted by molar-refractivity contribution is 6.31. The standard InChI is InChI=1S/C13H14ClN5/c1-8(5-10-6-9(2)18-19-10)16-13-4-3-11(14)12(7-15)17-13/h3-4,6,8H,5H2,1-2H3,(H,16,17)(H,18,19). The van der Waals surface area contributed by atoms with Gasteiger partial charge >= 0.3 is 0 Å².